The van der Waals surface area contributed by atoms with Gasteiger partial charge in [-0.2, -0.15) is 0 Å². The second kappa shape index (κ2) is 8.49. The summed E-state index contributed by atoms with van der Waals surface area (Å²) in [4.78, 5) is 36.5. The van der Waals surface area contributed by atoms with Crippen molar-refractivity contribution in [3.8, 4) is 28.0 Å². The quantitative estimate of drug-likeness (QED) is 0.465. The second-order valence-corrected chi connectivity index (χ2v) is 9.45. The van der Waals surface area contributed by atoms with E-state index in [4.69, 9.17) is 4.74 Å². The number of nitrogens with one attached hydrogen (secondary N) is 1. The number of amides is 2. The Morgan fingerprint density at radius 2 is 1.89 bits per heavy atom. The van der Waals surface area contributed by atoms with Gasteiger partial charge in [-0.15, -0.1) is 0 Å². The summed E-state index contributed by atoms with van der Waals surface area (Å²) in [6.45, 7) is 1.44. The van der Waals surface area contributed by atoms with Crippen molar-refractivity contribution in [1.29, 1.82) is 0 Å². The van der Waals surface area contributed by atoms with Crippen molar-refractivity contribution >= 4 is 22.8 Å². The first-order valence-corrected chi connectivity index (χ1v) is 11.9. The molecule has 0 saturated carbocycles. The van der Waals surface area contributed by atoms with Crippen molar-refractivity contribution in [2.45, 2.75) is 12.5 Å². The van der Waals surface area contributed by atoms with Crippen molar-refractivity contribution in [3.05, 3.63) is 71.5 Å². The third-order valence-corrected chi connectivity index (χ3v) is 7.14. The number of carbonyl (C=O) groups excluding carboxylic acids is 2. The fourth-order valence-corrected chi connectivity index (χ4v) is 5.02. The van der Waals surface area contributed by atoms with Crippen LogP contribution in [0.4, 0.5) is 0 Å². The highest BCUT2D eigenvalue weighted by molar-refractivity contribution is 6.01. The summed E-state index contributed by atoms with van der Waals surface area (Å²) in [5.41, 5.74) is 6.82. The molecule has 2 N–H and O–H groups in total. The Balaban J connectivity index is 1.35. The van der Waals surface area contributed by atoms with Gasteiger partial charge in [0, 0.05) is 61.2 Å². The predicted molar refractivity (Wildman–Crippen MR) is 136 cm³/mol. The Labute approximate surface area is 208 Å². The van der Waals surface area contributed by atoms with Gasteiger partial charge in [-0.1, -0.05) is 12.1 Å². The number of benzene rings is 2. The molecular formula is C28H26N4O4. The van der Waals surface area contributed by atoms with E-state index in [-0.39, 0.29) is 11.8 Å². The predicted octanol–water partition coefficient (Wildman–Crippen LogP) is 3.35. The maximum atomic E-state index is 12.7. The average molecular weight is 483 g/mol. The smallest absolute Gasteiger partial charge is 0.257 e. The van der Waals surface area contributed by atoms with E-state index in [0.29, 0.717) is 36.5 Å². The zero-order chi connectivity index (χ0) is 25.0. The molecule has 0 spiro atoms. The Kier molecular flexibility index (Phi) is 5.26. The lowest BCUT2D eigenvalue weighted by Gasteiger charge is -2.35. The first-order chi connectivity index (χ1) is 17.4. The van der Waals surface area contributed by atoms with Gasteiger partial charge in [-0.3, -0.25) is 9.59 Å². The van der Waals surface area contributed by atoms with Crippen LogP contribution in [0.1, 0.15) is 26.3 Å². The van der Waals surface area contributed by atoms with E-state index in [1.807, 2.05) is 49.8 Å². The summed E-state index contributed by atoms with van der Waals surface area (Å²) in [5, 5.41) is 10.4. The number of fused-ring (bicyclic) bond motifs is 2. The number of aliphatic hydroxyl groups excluding tert-OH is 1. The lowest BCUT2D eigenvalue weighted by molar-refractivity contribution is 0.00589. The number of likely N-dealkylation sites (tertiary alicyclic amines) is 1. The molecule has 2 aromatic carbocycles. The number of aromatic amines is 1. The molecule has 4 heterocycles. The van der Waals surface area contributed by atoms with Gasteiger partial charge in [0.05, 0.1) is 18.8 Å². The Morgan fingerprint density at radius 1 is 1.11 bits per heavy atom. The van der Waals surface area contributed by atoms with Crippen LogP contribution >= 0.6 is 0 Å². The number of pyridine rings is 1. The lowest BCUT2D eigenvalue weighted by Crippen LogP contribution is -2.53. The maximum absolute atomic E-state index is 12.7. The molecule has 8 nitrogen and oxygen atoms in total. The molecule has 0 aliphatic carbocycles. The van der Waals surface area contributed by atoms with Crippen LogP contribution in [-0.2, 0) is 6.42 Å². The van der Waals surface area contributed by atoms with E-state index in [9.17, 15) is 14.7 Å². The van der Waals surface area contributed by atoms with Crippen LogP contribution in [0.15, 0.2) is 54.9 Å². The summed E-state index contributed by atoms with van der Waals surface area (Å²) < 4.78 is 5.61. The zero-order valence-electron chi connectivity index (χ0n) is 20.1. The summed E-state index contributed by atoms with van der Waals surface area (Å²) in [6, 6.07) is 13.6. The maximum Gasteiger partial charge on any atom is 0.257 e. The number of hydrogen-bond acceptors (Lipinski definition) is 5. The number of hydrogen-bond donors (Lipinski definition) is 2. The van der Waals surface area contributed by atoms with E-state index in [1.54, 1.807) is 16.9 Å². The Bertz CT molecular complexity index is 1490. The molecule has 1 saturated heterocycles. The van der Waals surface area contributed by atoms with Crippen LogP contribution in [-0.4, -0.2) is 76.6 Å². The van der Waals surface area contributed by atoms with Gasteiger partial charge in [0.2, 0.25) is 0 Å². The second-order valence-electron chi connectivity index (χ2n) is 9.45. The van der Waals surface area contributed by atoms with Crippen LogP contribution < -0.4 is 4.74 Å². The van der Waals surface area contributed by atoms with Gasteiger partial charge in [0.15, 0.2) is 0 Å². The molecule has 8 heteroatoms. The van der Waals surface area contributed by atoms with E-state index in [1.165, 1.54) is 0 Å². The minimum Gasteiger partial charge on any atom is -0.496 e. The highest BCUT2D eigenvalue weighted by atomic mass is 16.5. The van der Waals surface area contributed by atoms with Crippen LogP contribution in [0.25, 0.3) is 33.3 Å². The lowest BCUT2D eigenvalue weighted by atomic mass is 9.93. The third kappa shape index (κ3) is 3.61. The van der Waals surface area contributed by atoms with Crippen molar-refractivity contribution in [3.63, 3.8) is 0 Å². The largest absolute Gasteiger partial charge is 0.496 e. The Morgan fingerprint density at radius 3 is 2.61 bits per heavy atom. The normalized spacial score (nSPS) is 15.7. The van der Waals surface area contributed by atoms with E-state index in [0.717, 1.165) is 45.3 Å². The molecule has 4 aromatic rings. The molecule has 0 bridgehead atoms. The van der Waals surface area contributed by atoms with Gasteiger partial charge in [0.25, 0.3) is 11.8 Å². The molecule has 2 aliphatic heterocycles. The SMILES string of the molecule is COc1cc(-c2cnc3[nH]cc(-c4ccc(C(=O)N5CC(O)C5)cc4)c3c2)cc2c1C(=O)N(C)CC2. The van der Waals surface area contributed by atoms with Gasteiger partial charge in [0.1, 0.15) is 11.4 Å². The van der Waals surface area contributed by atoms with Gasteiger partial charge in [-0.05, 0) is 53.4 Å². The topological polar surface area (TPSA) is 98.8 Å². The van der Waals surface area contributed by atoms with Crippen molar-refractivity contribution < 1.29 is 19.4 Å². The standard InChI is InChI=1S/C28H26N4O4/c1-31-8-7-18-9-19(11-24(36-2)25(18)28(31)35)20-10-22-23(13-30-26(22)29-12-20)16-3-5-17(6-4-16)27(34)32-14-21(33)15-32/h3-6,9-13,21,33H,7-8,14-15H2,1-2H3,(H,29,30). The number of methoxy groups -OCH3 is 1. The van der Waals surface area contributed by atoms with Crippen LogP contribution in [0.2, 0.25) is 0 Å². The highest BCUT2D eigenvalue weighted by Crippen LogP contribution is 2.36. The summed E-state index contributed by atoms with van der Waals surface area (Å²) >= 11 is 0. The minimum atomic E-state index is -0.418. The summed E-state index contributed by atoms with van der Waals surface area (Å²) in [5.74, 6) is 0.484. The van der Waals surface area contributed by atoms with Crippen LogP contribution in [0.5, 0.6) is 5.75 Å². The molecule has 36 heavy (non-hydrogen) atoms. The molecular weight excluding hydrogens is 456 g/mol. The number of β-amino-alcohol motifs (C(OH)–C–C–N with tert-alkyl or cyclic N) is 1. The number of aromatic nitrogens is 2. The van der Waals surface area contributed by atoms with Crippen molar-refractivity contribution in [2.75, 3.05) is 33.8 Å². The van der Waals surface area contributed by atoms with E-state index >= 15 is 0 Å². The molecule has 0 radical (unpaired) electrons. The monoisotopic (exact) mass is 482 g/mol. The summed E-state index contributed by atoms with van der Waals surface area (Å²) in [6.07, 6.45) is 4.10. The fraction of sp³-hybridized carbons (Fsp3) is 0.250. The van der Waals surface area contributed by atoms with Crippen LogP contribution in [0.3, 0.4) is 0 Å². The number of rotatable bonds is 4. The minimum absolute atomic E-state index is 0.0200. The van der Waals surface area contributed by atoms with E-state index < -0.39 is 6.10 Å². The summed E-state index contributed by atoms with van der Waals surface area (Å²) in [7, 11) is 3.40. The molecule has 0 atom stereocenters. The van der Waals surface area contributed by atoms with Gasteiger partial charge < -0.3 is 24.6 Å². The Hall–Kier alpha value is -4.17. The number of carbonyl (C=O) groups is 2. The number of ether oxygens (including phenoxy) is 1. The van der Waals surface area contributed by atoms with E-state index in [2.05, 4.69) is 22.1 Å². The van der Waals surface area contributed by atoms with Gasteiger partial charge in [-0.25, -0.2) is 4.98 Å². The third-order valence-electron chi connectivity index (χ3n) is 7.14. The molecule has 1 fully saturated rings. The number of nitrogens with zero attached hydrogens (tertiary/aromatic N) is 3. The van der Waals surface area contributed by atoms with Crippen molar-refractivity contribution in [2.24, 2.45) is 0 Å². The first kappa shape index (κ1) is 22.3. The molecule has 2 aliphatic rings. The first-order valence-electron chi connectivity index (χ1n) is 11.9. The average Bonchev–Trinajstić information content (AvgIpc) is 3.31. The molecule has 0 unspecified atom stereocenters. The molecule has 2 amide bonds. The fourth-order valence-electron chi connectivity index (χ4n) is 5.02. The highest BCUT2D eigenvalue weighted by Gasteiger charge is 2.29. The number of aliphatic hydroxyl groups is 1. The van der Waals surface area contributed by atoms with Gasteiger partial charge >= 0.3 is 0 Å². The molecule has 6 rings (SSSR count). The number of likely N-dealkylation sites (N-methyl/N-ethyl adjacent to an activating group) is 1. The zero-order valence-corrected chi connectivity index (χ0v) is 20.1. The number of H-pyrrole nitrogens is 1. The van der Waals surface area contributed by atoms with Crippen LogP contribution in [0, 0.1) is 0 Å². The molecule has 182 valence electrons. The van der Waals surface area contributed by atoms with Crippen molar-refractivity contribution in [1.82, 2.24) is 19.8 Å². The molecule has 2 aromatic heterocycles.